The molecule has 5 nitrogen and oxygen atoms in total. The van der Waals surface area contributed by atoms with Crippen LogP contribution in [0.15, 0.2) is 35.7 Å². The van der Waals surface area contributed by atoms with Gasteiger partial charge in [0.05, 0.1) is 0 Å². The van der Waals surface area contributed by atoms with E-state index in [0.29, 0.717) is 32.2 Å². The Morgan fingerprint density at radius 2 is 1.81 bits per heavy atom. The van der Waals surface area contributed by atoms with Crippen LogP contribution in [-0.4, -0.2) is 55.0 Å². The SMILES string of the molecule is O=S(=O)(/C=C/c1ccccc1)N1CCN(C(=S)N[C@H]2C[C@H]3CC[C@H]2C3)CC1. The third kappa shape index (κ3) is 4.36. The van der Waals surface area contributed by atoms with Crippen LogP contribution in [0.3, 0.4) is 0 Å². The Hall–Kier alpha value is -1.44. The van der Waals surface area contributed by atoms with E-state index in [1.807, 2.05) is 30.3 Å². The second kappa shape index (κ2) is 7.89. The summed E-state index contributed by atoms with van der Waals surface area (Å²) in [5.41, 5.74) is 0.885. The first-order chi connectivity index (χ1) is 13.0. The Balaban J connectivity index is 1.29. The van der Waals surface area contributed by atoms with Gasteiger partial charge in [-0.25, -0.2) is 8.42 Å². The van der Waals surface area contributed by atoms with Gasteiger partial charge in [-0.2, -0.15) is 4.31 Å². The fraction of sp³-hybridized carbons (Fsp3) is 0.550. The molecule has 1 saturated heterocycles. The fourth-order valence-corrected chi connectivity index (χ4v) is 6.14. The second-order valence-corrected chi connectivity index (χ2v) is 10.1. The lowest BCUT2D eigenvalue weighted by atomic mass is 9.95. The average molecular weight is 406 g/mol. The molecule has 146 valence electrons. The summed E-state index contributed by atoms with van der Waals surface area (Å²) in [6.07, 6.45) is 6.94. The van der Waals surface area contributed by atoms with Gasteiger partial charge in [0.15, 0.2) is 5.11 Å². The number of rotatable bonds is 4. The van der Waals surface area contributed by atoms with E-state index in [4.69, 9.17) is 12.2 Å². The standard InChI is InChI=1S/C20H27N3O2S2/c24-27(25,13-8-16-4-2-1-3-5-16)23-11-9-22(10-12-23)20(26)21-19-15-17-6-7-18(19)14-17/h1-5,8,13,17-19H,6-7,9-12,14-15H2,(H,21,26)/b13-8+/t17-,18-,19-/m0/s1. The van der Waals surface area contributed by atoms with Crippen LogP contribution in [0, 0.1) is 11.8 Å². The van der Waals surface area contributed by atoms with Gasteiger partial charge in [0, 0.05) is 37.6 Å². The maximum atomic E-state index is 12.6. The highest BCUT2D eigenvalue weighted by atomic mass is 32.2. The Bertz CT molecular complexity index is 802. The molecule has 2 saturated carbocycles. The normalized spacial score (nSPS) is 28.7. The van der Waals surface area contributed by atoms with Gasteiger partial charge in [0.1, 0.15) is 0 Å². The zero-order valence-electron chi connectivity index (χ0n) is 15.5. The number of benzene rings is 1. The number of hydrogen-bond acceptors (Lipinski definition) is 3. The number of nitrogens with zero attached hydrogens (tertiary/aromatic N) is 2. The molecule has 3 fully saturated rings. The van der Waals surface area contributed by atoms with Crippen LogP contribution < -0.4 is 5.32 Å². The molecule has 27 heavy (non-hydrogen) atoms. The van der Waals surface area contributed by atoms with Gasteiger partial charge in [-0.3, -0.25) is 0 Å². The minimum absolute atomic E-state index is 0.472. The van der Waals surface area contributed by atoms with Crippen molar-refractivity contribution >= 4 is 33.4 Å². The molecule has 7 heteroatoms. The summed E-state index contributed by atoms with van der Waals surface area (Å²) in [6, 6.07) is 10.0. The summed E-state index contributed by atoms with van der Waals surface area (Å²) in [5, 5.41) is 5.66. The summed E-state index contributed by atoms with van der Waals surface area (Å²) in [7, 11) is -3.40. The Kier molecular flexibility index (Phi) is 5.53. The van der Waals surface area contributed by atoms with Crippen LogP contribution in [-0.2, 0) is 10.0 Å². The van der Waals surface area contributed by atoms with Crippen molar-refractivity contribution in [2.24, 2.45) is 11.8 Å². The summed E-state index contributed by atoms with van der Waals surface area (Å²) >= 11 is 5.61. The van der Waals surface area contributed by atoms with Crippen molar-refractivity contribution < 1.29 is 8.42 Å². The van der Waals surface area contributed by atoms with Crippen molar-refractivity contribution in [3.8, 4) is 0 Å². The first-order valence-electron chi connectivity index (χ1n) is 9.80. The predicted octanol–water partition coefficient (Wildman–Crippen LogP) is 2.67. The predicted molar refractivity (Wildman–Crippen MR) is 113 cm³/mol. The average Bonchev–Trinajstić information content (AvgIpc) is 3.30. The maximum absolute atomic E-state index is 12.6. The summed E-state index contributed by atoms with van der Waals surface area (Å²) < 4.78 is 26.7. The molecule has 0 amide bonds. The molecule has 0 aromatic heterocycles. The second-order valence-electron chi connectivity index (χ2n) is 7.88. The van der Waals surface area contributed by atoms with Crippen LogP contribution in [0.2, 0.25) is 0 Å². The smallest absolute Gasteiger partial charge is 0.236 e. The highest BCUT2D eigenvalue weighted by Crippen LogP contribution is 2.44. The number of thiocarbonyl (C=S) groups is 1. The summed E-state index contributed by atoms with van der Waals surface area (Å²) in [5.74, 6) is 1.66. The van der Waals surface area contributed by atoms with Crippen molar-refractivity contribution in [3.63, 3.8) is 0 Å². The Morgan fingerprint density at radius 1 is 1.07 bits per heavy atom. The highest BCUT2D eigenvalue weighted by molar-refractivity contribution is 7.92. The monoisotopic (exact) mass is 405 g/mol. The molecule has 1 N–H and O–H groups in total. The van der Waals surface area contributed by atoms with E-state index in [-0.39, 0.29) is 0 Å². The van der Waals surface area contributed by atoms with Gasteiger partial charge in [0.25, 0.3) is 0 Å². The van der Waals surface area contributed by atoms with Crippen molar-refractivity contribution in [2.45, 2.75) is 31.7 Å². The van der Waals surface area contributed by atoms with E-state index in [0.717, 1.165) is 22.5 Å². The first kappa shape index (κ1) is 18.9. The van der Waals surface area contributed by atoms with Crippen LogP contribution >= 0.6 is 12.2 Å². The summed E-state index contributed by atoms with van der Waals surface area (Å²) in [4.78, 5) is 2.12. The number of piperazine rings is 1. The van der Waals surface area contributed by atoms with Gasteiger partial charge < -0.3 is 10.2 Å². The third-order valence-corrected chi connectivity index (χ3v) is 8.11. The van der Waals surface area contributed by atoms with Crippen molar-refractivity contribution in [1.82, 2.24) is 14.5 Å². The molecular formula is C20H27N3O2S2. The van der Waals surface area contributed by atoms with Crippen molar-refractivity contribution in [2.75, 3.05) is 26.2 Å². The molecule has 0 unspecified atom stereocenters. The van der Waals surface area contributed by atoms with Crippen molar-refractivity contribution in [3.05, 3.63) is 41.3 Å². The van der Waals surface area contributed by atoms with Crippen LogP contribution in [0.5, 0.6) is 0 Å². The maximum Gasteiger partial charge on any atom is 0.236 e. The van der Waals surface area contributed by atoms with Crippen LogP contribution in [0.25, 0.3) is 6.08 Å². The van der Waals surface area contributed by atoms with E-state index in [1.165, 1.54) is 31.1 Å². The Morgan fingerprint density at radius 3 is 2.44 bits per heavy atom. The number of hydrogen-bond donors (Lipinski definition) is 1. The molecular weight excluding hydrogens is 378 g/mol. The summed E-state index contributed by atoms with van der Waals surface area (Å²) in [6.45, 7) is 2.23. The molecule has 1 heterocycles. The molecule has 0 spiro atoms. The van der Waals surface area contributed by atoms with E-state index in [1.54, 1.807) is 10.4 Å². The lowest BCUT2D eigenvalue weighted by Gasteiger charge is -2.36. The van der Waals surface area contributed by atoms with Gasteiger partial charge in [-0.1, -0.05) is 36.8 Å². The number of nitrogens with one attached hydrogen (secondary N) is 1. The van der Waals surface area contributed by atoms with Gasteiger partial charge in [-0.15, -0.1) is 0 Å². The number of fused-ring (bicyclic) bond motifs is 2. The van der Waals surface area contributed by atoms with E-state index < -0.39 is 10.0 Å². The Labute approximate surface area is 167 Å². The molecule has 2 aliphatic carbocycles. The molecule has 1 aliphatic heterocycles. The first-order valence-corrected chi connectivity index (χ1v) is 11.7. The zero-order valence-corrected chi connectivity index (χ0v) is 17.1. The molecule has 3 aliphatic rings. The van der Waals surface area contributed by atoms with Gasteiger partial charge in [-0.05, 0) is 55.0 Å². The lowest BCUT2D eigenvalue weighted by molar-refractivity contribution is 0.260. The largest absolute Gasteiger partial charge is 0.360 e. The molecule has 1 aromatic carbocycles. The highest BCUT2D eigenvalue weighted by Gasteiger charge is 2.40. The number of sulfonamides is 1. The van der Waals surface area contributed by atoms with Crippen LogP contribution in [0.4, 0.5) is 0 Å². The quantitative estimate of drug-likeness (QED) is 0.781. The van der Waals surface area contributed by atoms with Crippen LogP contribution in [0.1, 0.15) is 31.2 Å². The van der Waals surface area contributed by atoms with Crippen molar-refractivity contribution in [1.29, 1.82) is 0 Å². The zero-order chi connectivity index (χ0) is 18.9. The molecule has 2 bridgehead atoms. The molecule has 1 aromatic rings. The fourth-order valence-electron chi connectivity index (χ4n) is 4.63. The lowest BCUT2D eigenvalue weighted by Crippen LogP contribution is -2.54. The van der Waals surface area contributed by atoms with E-state index in [9.17, 15) is 8.42 Å². The molecule has 4 rings (SSSR count). The topological polar surface area (TPSA) is 52.7 Å². The van der Waals surface area contributed by atoms with Gasteiger partial charge in [0.2, 0.25) is 10.0 Å². The molecule has 3 atom stereocenters. The molecule has 0 radical (unpaired) electrons. The minimum Gasteiger partial charge on any atom is -0.360 e. The van der Waals surface area contributed by atoms with E-state index >= 15 is 0 Å². The van der Waals surface area contributed by atoms with E-state index in [2.05, 4.69) is 10.2 Å². The van der Waals surface area contributed by atoms with Gasteiger partial charge >= 0.3 is 0 Å². The third-order valence-electron chi connectivity index (χ3n) is 6.16. The minimum atomic E-state index is -3.40.